The monoisotopic (exact) mass is 276 g/mol. The van der Waals surface area contributed by atoms with Crippen molar-refractivity contribution in [2.45, 2.75) is 32.0 Å². The lowest BCUT2D eigenvalue weighted by atomic mass is 10.1. The molecule has 20 heavy (non-hydrogen) atoms. The molecule has 108 valence electrons. The summed E-state index contributed by atoms with van der Waals surface area (Å²) in [7, 11) is 0. The second kappa shape index (κ2) is 5.42. The third-order valence-electron chi connectivity index (χ3n) is 3.98. The molecule has 0 bridgehead atoms. The summed E-state index contributed by atoms with van der Waals surface area (Å²) in [5, 5.41) is 12.4. The van der Waals surface area contributed by atoms with Gasteiger partial charge in [-0.3, -0.25) is 4.79 Å². The largest absolute Gasteiger partial charge is 0.378 e. The van der Waals surface area contributed by atoms with E-state index in [0.717, 1.165) is 43.9 Å². The second-order valence-electron chi connectivity index (χ2n) is 5.33. The van der Waals surface area contributed by atoms with Crippen molar-refractivity contribution in [1.82, 2.24) is 0 Å². The molecule has 1 aromatic carbocycles. The van der Waals surface area contributed by atoms with Crippen molar-refractivity contribution in [3.63, 3.8) is 0 Å². The van der Waals surface area contributed by atoms with Crippen molar-refractivity contribution < 1.29 is 14.6 Å². The number of hydrogen-bond donors (Lipinski definition) is 2. The summed E-state index contributed by atoms with van der Waals surface area (Å²) in [6.07, 6.45) is 1.46. The summed E-state index contributed by atoms with van der Waals surface area (Å²) >= 11 is 0. The molecule has 1 amide bonds. The second-order valence-corrected chi connectivity index (χ2v) is 5.33. The molecule has 0 aromatic heterocycles. The number of piperidine rings is 1. The van der Waals surface area contributed by atoms with Gasteiger partial charge < -0.3 is 20.1 Å². The normalized spacial score (nSPS) is 25.5. The Hall–Kier alpha value is -1.59. The number of carbonyl (C=O) groups is 1. The van der Waals surface area contributed by atoms with Crippen molar-refractivity contribution >= 4 is 17.3 Å². The van der Waals surface area contributed by atoms with Crippen LogP contribution in [0.4, 0.5) is 11.4 Å². The Morgan fingerprint density at radius 1 is 1.50 bits per heavy atom. The lowest BCUT2D eigenvalue weighted by Gasteiger charge is -2.34. The van der Waals surface area contributed by atoms with E-state index < -0.39 is 6.10 Å². The lowest BCUT2D eigenvalue weighted by molar-refractivity contribution is -0.123. The molecular weight excluding hydrogens is 256 g/mol. The number of aliphatic hydroxyl groups is 1. The minimum absolute atomic E-state index is 0.280. The molecular formula is C15H20N2O3. The maximum atomic E-state index is 11.5. The average molecular weight is 276 g/mol. The van der Waals surface area contributed by atoms with Gasteiger partial charge in [-0.25, -0.2) is 0 Å². The number of benzene rings is 1. The van der Waals surface area contributed by atoms with Gasteiger partial charge in [-0.2, -0.15) is 0 Å². The number of aliphatic hydroxyl groups excluding tert-OH is 1. The SMILES string of the molecule is CCOC1CCCN(c2ccc3c(c2)NC(=O)C3O)C1. The molecule has 2 heterocycles. The first kappa shape index (κ1) is 13.4. The summed E-state index contributed by atoms with van der Waals surface area (Å²) in [4.78, 5) is 13.7. The van der Waals surface area contributed by atoms with Crippen LogP contribution in [0.1, 0.15) is 31.4 Å². The predicted octanol–water partition coefficient (Wildman–Crippen LogP) is 1.68. The maximum Gasteiger partial charge on any atom is 0.257 e. The molecule has 2 N–H and O–H groups in total. The van der Waals surface area contributed by atoms with Crippen LogP contribution in [0.5, 0.6) is 0 Å². The molecule has 2 aliphatic heterocycles. The Bertz CT molecular complexity index is 516. The molecule has 0 radical (unpaired) electrons. The Kier molecular flexibility index (Phi) is 3.63. The Morgan fingerprint density at radius 3 is 3.15 bits per heavy atom. The third kappa shape index (κ3) is 2.39. The van der Waals surface area contributed by atoms with Crippen LogP contribution in [0.25, 0.3) is 0 Å². The van der Waals surface area contributed by atoms with Gasteiger partial charge in [0.2, 0.25) is 0 Å². The average Bonchev–Trinajstić information content (AvgIpc) is 2.74. The van der Waals surface area contributed by atoms with Crippen molar-refractivity contribution in [1.29, 1.82) is 0 Å². The number of anilines is 2. The standard InChI is InChI=1S/C15H20N2O3/c1-2-20-11-4-3-7-17(9-11)10-5-6-12-13(8-10)16-15(19)14(12)18/h5-6,8,11,14,18H,2-4,7,9H2,1H3,(H,16,19). The molecule has 1 saturated heterocycles. The fraction of sp³-hybridized carbons (Fsp3) is 0.533. The van der Waals surface area contributed by atoms with Crippen molar-refractivity contribution in [2.24, 2.45) is 0 Å². The van der Waals surface area contributed by atoms with Crippen LogP contribution in [0, 0.1) is 0 Å². The Morgan fingerprint density at radius 2 is 2.35 bits per heavy atom. The van der Waals surface area contributed by atoms with Crippen LogP contribution >= 0.6 is 0 Å². The fourth-order valence-electron chi connectivity index (χ4n) is 2.97. The van der Waals surface area contributed by atoms with E-state index in [-0.39, 0.29) is 12.0 Å². The molecule has 1 fully saturated rings. The van der Waals surface area contributed by atoms with Gasteiger partial charge in [0.1, 0.15) is 0 Å². The fourth-order valence-corrected chi connectivity index (χ4v) is 2.97. The zero-order valence-corrected chi connectivity index (χ0v) is 11.6. The van der Waals surface area contributed by atoms with Gasteiger partial charge in [-0.05, 0) is 31.9 Å². The van der Waals surface area contributed by atoms with Gasteiger partial charge in [-0.1, -0.05) is 6.07 Å². The summed E-state index contributed by atoms with van der Waals surface area (Å²) in [5.74, 6) is -0.344. The maximum absolute atomic E-state index is 11.5. The molecule has 0 spiro atoms. The van der Waals surface area contributed by atoms with Gasteiger partial charge >= 0.3 is 0 Å². The molecule has 5 nitrogen and oxygen atoms in total. The van der Waals surface area contributed by atoms with Crippen molar-refractivity contribution in [3.8, 4) is 0 Å². The van der Waals surface area contributed by atoms with Gasteiger partial charge in [0.25, 0.3) is 5.91 Å². The van der Waals surface area contributed by atoms with E-state index in [1.807, 2.05) is 25.1 Å². The Labute approximate surface area is 118 Å². The first-order valence-electron chi connectivity index (χ1n) is 7.18. The van der Waals surface area contributed by atoms with Gasteiger partial charge in [0.05, 0.1) is 6.10 Å². The van der Waals surface area contributed by atoms with Gasteiger partial charge in [0, 0.05) is 36.6 Å². The highest BCUT2D eigenvalue weighted by molar-refractivity contribution is 6.02. The zero-order chi connectivity index (χ0) is 14.1. The molecule has 1 aromatic rings. The highest BCUT2D eigenvalue weighted by atomic mass is 16.5. The molecule has 2 aliphatic rings. The predicted molar refractivity (Wildman–Crippen MR) is 76.9 cm³/mol. The molecule has 2 atom stereocenters. The van der Waals surface area contributed by atoms with E-state index >= 15 is 0 Å². The lowest BCUT2D eigenvalue weighted by Crippen LogP contribution is -2.39. The number of rotatable bonds is 3. The number of hydrogen-bond acceptors (Lipinski definition) is 4. The number of nitrogens with one attached hydrogen (secondary N) is 1. The number of carbonyl (C=O) groups excluding carboxylic acids is 1. The molecule has 2 unspecified atom stereocenters. The van der Waals surface area contributed by atoms with Crippen LogP contribution in [0.2, 0.25) is 0 Å². The topological polar surface area (TPSA) is 61.8 Å². The summed E-state index contributed by atoms with van der Waals surface area (Å²) in [6, 6.07) is 5.74. The van der Waals surface area contributed by atoms with E-state index in [0.29, 0.717) is 5.56 Å². The number of ether oxygens (including phenoxy) is 1. The van der Waals surface area contributed by atoms with E-state index in [2.05, 4.69) is 10.2 Å². The number of fused-ring (bicyclic) bond motifs is 1. The van der Waals surface area contributed by atoms with Gasteiger partial charge in [-0.15, -0.1) is 0 Å². The quantitative estimate of drug-likeness (QED) is 0.881. The van der Waals surface area contributed by atoms with Gasteiger partial charge in [0.15, 0.2) is 6.10 Å². The molecule has 0 saturated carbocycles. The van der Waals surface area contributed by atoms with Crippen molar-refractivity contribution in [3.05, 3.63) is 23.8 Å². The van der Waals surface area contributed by atoms with Crippen LogP contribution in [0.3, 0.4) is 0 Å². The minimum atomic E-state index is -1.03. The molecule has 0 aliphatic carbocycles. The summed E-state index contributed by atoms with van der Waals surface area (Å²) in [6.45, 7) is 4.64. The first-order chi connectivity index (χ1) is 9.69. The highest BCUT2D eigenvalue weighted by Crippen LogP contribution is 2.34. The third-order valence-corrected chi connectivity index (χ3v) is 3.98. The van der Waals surface area contributed by atoms with Crippen LogP contribution < -0.4 is 10.2 Å². The molecule has 5 heteroatoms. The number of amides is 1. The zero-order valence-electron chi connectivity index (χ0n) is 11.6. The van der Waals surface area contributed by atoms with Crippen LogP contribution in [0.15, 0.2) is 18.2 Å². The number of nitrogens with zero attached hydrogens (tertiary/aromatic N) is 1. The van der Waals surface area contributed by atoms with Crippen LogP contribution in [-0.2, 0) is 9.53 Å². The van der Waals surface area contributed by atoms with E-state index in [1.165, 1.54) is 0 Å². The summed E-state index contributed by atoms with van der Waals surface area (Å²) in [5.41, 5.74) is 2.46. The van der Waals surface area contributed by atoms with E-state index in [1.54, 1.807) is 0 Å². The smallest absolute Gasteiger partial charge is 0.257 e. The van der Waals surface area contributed by atoms with E-state index in [4.69, 9.17) is 4.74 Å². The molecule has 3 rings (SSSR count). The van der Waals surface area contributed by atoms with E-state index in [9.17, 15) is 9.90 Å². The van der Waals surface area contributed by atoms with Crippen LogP contribution in [-0.4, -0.2) is 36.8 Å². The van der Waals surface area contributed by atoms with Crippen molar-refractivity contribution in [2.75, 3.05) is 29.9 Å². The first-order valence-corrected chi connectivity index (χ1v) is 7.18. The highest BCUT2D eigenvalue weighted by Gasteiger charge is 2.29. The Balaban J connectivity index is 1.78. The summed E-state index contributed by atoms with van der Waals surface area (Å²) < 4.78 is 5.71. The minimum Gasteiger partial charge on any atom is -0.378 e.